The van der Waals surface area contributed by atoms with Gasteiger partial charge in [0.1, 0.15) is 0 Å². The Balaban J connectivity index is 1.89. The van der Waals surface area contributed by atoms with Gasteiger partial charge in [0.15, 0.2) is 6.17 Å². The second-order valence-corrected chi connectivity index (χ2v) is 9.31. The van der Waals surface area contributed by atoms with Gasteiger partial charge in [0.2, 0.25) is 0 Å². The minimum absolute atomic E-state index is 0.283. The number of amides is 2. The molecule has 1 unspecified atom stereocenters. The number of rotatable bonds is 6. The number of urea groups is 1. The quantitative estimate of drug-likeness (QED) is 0.491. The zero-order valence-corrected chi connectivity index (χ0v) is 20.0. The minimum Gasteiger partial charge on any atom is -0.315 e. The fourth-order valence-corrected chi connectivity index (χ4v) is 4.43. The molecule has 10 heteroatoms. The average Bonchev–Trinajstić information content (AvgIpc) is 3.16. The number of aromatic nitrogens is 2. The Morgan fingerprint density at radius 1 is 0.909 bits per heavy atom. The van der Waals surface area contributed by atoms with Crippen molar-refractivity contribution in [3.05, 3.63) is 79.6 Å². The van der Waals surface area contributed by atoms with Crippen molar-refractivity contribution in [2.24, 2.45) is 0 Å². The fourth-order valence-electron chi connectivity index (χ4n) is 4.18. The monoisotopic (exact) mass is 490 g/mol. The third-order valence-corrected chi connectivity index (χ3v) is 6.40. The highest BCUT2D eigenvalue weighted by molar-refractivity contribution is 6.30. The highest BCUT2D eigenvalue weighted by Gasteiger charge is 2.54. The molecule has 2 heterocycles. The normalized spacial score (nSPS) is 17.7. The smallest absolute Gasteiger partial charge is 0.315 e. The molecule has 3 aromatic rings. The maximum atomic E-state index is 13.6. The topological polar surface area (TPSA) is 80.7 Å². The molecule has 4 rings (SSSR count). The molecule has 0 saturated carbocycles. The highest BCUT2D eigenvalue weighted by atomic mass is 35.5. The van der Waals surface area contributed by atoms with Crippen LogP contribution in [0, 0.1) is 0 Å². The van der Waals surface area contributed by atoms with Crippen LogP contribution in [0.4, 0.5) is 10.5 Å². The van der Waals surface area contributed by atoms with Crippen LogP contribution in [0.5, 0.6) is 0 Å². The lowest BCUT2D eigenvalue weighted by molar-refractivity contribution is 0.0962. The Morgan fingerprint density at radius 2 is 1.45 bits per heavy atom. The van der Waals surface area contributed by atoms with Crippen molar-refractivity contribution in [2.75, 3.05) is 11.4 Å². The van der Waals surface area contributed by atoms with E-state index in [0.29, 0.717) is 28.0 Å². The minimum atomic E-state index is -0.906. The van der Waals surface area contributed by atoms with Crippen molar-refractivity contribution in [1.29, 1.82) is 0 Å². The lowest BCUT2D eigenvalue weighted by atomic mass is 10.00. The van der Waals surface area contributed by atoms with Crippen molar-refractivity contribution >= 4 is 34.9 Å². The molecule has 1 saturated heterocycles. The standard InChI is InChI=1S/C23H24Cl2N4O4/c1-4-5-14-26-20(30)27(17-10-6-15(24)7-11-17)19(23(26,2)3)29-21(31)28(22(32)33-29)18-12-8-16(25)9-13-18/h6-13,19H,4-5,14H2,1-3H3. The van der Waals surface area contributed by atoms with E-state index in [0.717, 1.165) is 22.1 Å². The van der Waals surface area contributed by atoms with Crippen LogP contribution in [0.2, 0.25) is 10.0 Å². The van der Waals surface area contributed by atoms with Crippen LogP contribution in [0.3, 0.4) is 0 Å². The summed E-state index contributed by atoms with van der Waals surface area (Å²) in [6.07, 6.45) is 0.783. The number of carbonyl (C=O) groups excluding carboxylic acids is 1. The van der Waals surface area contributed by atoms with E-state index in [-0.39, 0.29) is 6.03 Å². The van der Waals surface area contributed by atoms with Crippen molar-refractivity contribution in [2.45, 2.75) is 45.3 Å². The second-order valence-electron chi connectivity index (χ2n) is 8.44. The number of hydrogen-bond donors (Lipinski definition) is 0. The summed E-state index contributed by atoms with van der Waals surface area (Å²) in [4.78, 5) is 42.9. The number of anilines is 1. The van der Waals surface area contributed by atoms with Gasteiger partial charge in [0.05, 0.1) is 11.2 Å². The van der Waals surface area contributed by atoms with Crippen LogP contribution in [-0.4, -0.2) is 32.3 Å². The van der Waals surface area contributed by atoms with Gasteiger partial charge in [-0.3, -0.25) is 4.90 Å². The first kappa shape index (κ1) is 23.2. The van der Waals surface area contributed by atoms with E-state index in [9.17, 15) is 14.4 Å². The van der Waals surface area contributed by atoms with E-state index < -0.39 is 23.2 Å². The van der Waals surface area contributed by atoms with E-state index in [1.807, 2.05) is 20.8 Å². The molecule has 0 spiro atoms. The zero-order valence-electron chi connectivity index (χ0n) is 18.5. The molecule has 1 fully saturated rings. The summed E-state index contributed by atoms with van der Waals surface area (Å²) in [5.74, 6) is -0.853. The van der Waals surface area contributed by atoms with E-state index in [1.165, 1.54) is 4.90 Å². The van der Waals surface area contributed by atoms with Crippen molar-refractivity contribution in [3.8, 4) is 5.69 Å². The van der Waals surface area contributed by atoms with Crippen LogP contribution in [0.15, 0.2) is 62.6 Å². The van der Waals surface area contributed by atoms with Crippen molar-refractivity contribution in [1.82, 2.24) is 14.2 Å². The molecule has 1 aliphatic rings. The van der Waals surface area contributed by atoms with Gasteiger partial charge in [-0.25, -0.2) is 14.4 Å². The number of benzene rings is 2. The van der Waals surface area contributed by atoms with Gasteiger partial charge in [-0.15, -0.1) is 4.74 Å². The second kappa shape index (κ2) is 8.76. The summed E-state index contributed by atoms with van der Waals surface area (Å²) >= 11 is 12.0. The zero-order chi connectivity index (χ0) is 23.9. The van der Waals surface area contributed by atoms with Crippen LogP contribution in [0.1, 0.15) is 39.8 Å². The molecule has 0 aliphatic carbocycles. The van der Waals surface area contributed by atoms with Crippen LogP contribution >= 0.6 is 23.2 Å². The number of nitrogens with zero attached hydrogens (tertiary/aromatic N) is 4. The number of carbonyl (C=O) groups is 1. The SMILES string of the molecule is CCCCN1C(=O)N(c2ccc(Cl)cc2)C(n2oc(=O)n(-c3ccc(Cl)cc3)c2=O)C1(C)C. The molecular formula is C23H24Cl2N4O4. The summed E-state index contributed by atoms with van der Waals surface area (Å²) < 4.78 is 7.36. The Kier molecular flexibility index (Phi) is 6.16. The third kappa shape index (κ3) is 3.98. The van der Waals surface area contributed by atoms with E-state index >= 15 is 0 Å². The average molecular weight is 491 g/mol. The molecule has 174 valence electrons. The summed E-state index contributed by atoms with van der Waals surface area (Å²) in [6.45, 7) is 6.25. The van der Waals surface area contributed by atoms with E-state index in [1.54, 1.807) is 53.4 Å². The highest BCUT2D eigenvalue weighted by Crippen LogP contribution is 2.42. The van der Waals surface area contributed by atoms with Crippen LogP contribution in [0.25, 0.3) is 5.69 Å². The molecule has 0 N–H and O–H groups in total. The molecule has 1 aromatic heterocycles. The van der Waals surface area contributed by atoms with Crippen LogP contribution < -0.4 is 16.3 Å². The van der Waals surface area contributed by atoms with Crippen molar-refractivity contribution in [3.63, 3.8) is 0 Å². The van der Waals surface area contributed by atoms with Crippen LogP contribution in [-0.2, 0) is 0 Å². The predicted octanol–water partition coefficient (Wildman–Crippen LogP) is 4.92. The first-order chi connectivity index (χ1) is 15.7. The first-order valence-electron chi connectivity index (χ1n) is 10.6. The molecule has 0 bridgehead atoms. The molecule has 2 amide bonds. The maximum absolute atomic E-state index is 13.6. The number of unbranched alkanes of at least 4 members (excludes halogenated alkanes) is 1. The van der Waals surface area contributed by atoms with E-state index in [4.69, 9.17) is 27.7 Å². The van der Waals surface area contributed by atoms with E-state index in [2.05, 4.69) is 0 Å². The summed E-state index contributed by atoms with van der Waals surface area (Å²) in [6, 6.07) is 12.7. The Labute approximate surface area is 200 Å². The van der Waals surface area contributed by atoms with Gasteiger partial charge in [-0.05, 0) is 68.8 Å². The van der Waals surface area contributed by atoms with Gasteiger partial charge in [0.25, 0.3) is 0 Å². The summed E-state index contributed by atoms with van der Waals surface area (Å²) in [7, 11) is 0. The van der Waals surface area contributed by atoms with Gasteiger partial charge in [-0.1, -0.05) is 36.5 Å². The molecule has 2 aromatic carbocycles. The number of halogens is 2. The lowest BCUT2D eigenvalue weighted by Gasteiger charge is -2.33. The Morgan fingerprint density at radius 3 is 2.00 bits per heavy atom. The summed E-state index contributed by atoms with van der Waals surface area (Å²) in [5.41, 5.74) is -0.697. The van der Waals surface area contributed by atoms with Gasteiger partial charge in [-0.2, -0.15) is 4.57 Å². The molecule has 1 atom stereocenters. The van der Waals surface area contributed by atoms with Gasteiger partial charge in [0, 0.05) is 22.3 Å². The number of hydrogen-bond acceptors (Lipinski definition) is 4. The molecular weight excluding hydrogens is 467 g/mol. The fraction of sp³-hybridized carbons (Fsp3) is 0.348. The first-order valence-corrected chi connectivity index (χ1v) is 11.4. The van der Waals surface area contributed by atoms with Gasteiger partial charge < -0.3 is 9.42 Å². The molecule has 1 aliphatic heterocycles. The third-order valence-electron chi connectivity index (χ3n) is 5.89. The lowest BCUT2D eigenvalue weighted by Crippen LogP contribution is -2.47. The van der Waals surface area contributed by atoms with Gasteiger partial charge >= 0.3 is 17.5 Å². The molecule has 8 nitrogen and oxygen atoms in total. The van der Waals surface area contributed by atoms with Crippen molar-refractivity contribution < 1.29 is 9.32 Å². The Hall–Kier alpha value is -2.97. The summed E-state index contributed by atoms with van der Waals surface area (Å²) in [5, 5.41) is 0.986. The maximum Gasteiger partial charge on any atom is 0.447 e. The predicted molar refractivity (Wildman–Crippen MR) is 128 cm³/mol. The largest absolute Gasteiger partial charge is 0.447 e. The molecule has 0 radical (unpaired) electrons. The molecule has 33 heavy (non-hydrogen) atoms. The Bertz CT molecular complexity index is 1280.